The Morgan fingerprint density at radius 2 is 1.81 bits per heavy atom. The number of benzene rings is 1. The van der Waals surface area contributed by atoms with Crippen molar-refractivity contribution >= 4 is 17.8 Å². The Morgan fingerprint density at radius 1 is 1.15 bits per heavy atom. The fourth-order valence-electron chi connectivity index (χ4n) is 3.21. The number of amides is 2. The molecular weight excluding hydrogens is 344 g/mol. The van der Waals surface area contributed by atoms with Crippen molar-refractivity contribution in [2.24, 2.45) is 5.92 Å². The quantitative estimate of drug-likeness (QED) is 0.709. The number of carbonyl (C=O) groups is 3. The maximum absolute atomic E-state index is 13.0. The first-order chi connectivity index (χ1) is 13.0. The summed E-state index contributed by atoms with van der Waals surface area (Å²) in [7, 11) is 0. The lowest BCUT2D eigenvalue weighted by molar-refractivity contribution is -0.144. The van der Waals surface area contributed by atoms with E-state index >= 15 is 0 Å². The van der Waals surface area contributed by atoms with E-state index in [1.54, 1.807) is 6.92 Å². The summed E-state index contributed by atoms with van der Waals surface area (Å²) in [5, 5.41) is 2.83. The Kier molecular flexibility index (Phi) is 8.30. The van der Waals surface area contributed by atoms with Gasteiger partial charge in [0.1, 0.15) is 6.04 Å². The molecule has 1 aromatic rings. The molecule has 0 radical (unpaired) electrons. The number of nitrogens with zero attached hydrogens (tertiary/aromatic N) is 1. The second-order valence-corrected chi connectivity index (χ2v) is 7.12. The molecule has 0 bridgehead atoms. The van der Waals surface area contributed by atoms with E-state index in [9.17, 15) is 14.4 Å². The number of esters is 1. The van der Waals surface area contributed by atoms with Crippen LogP contribution >= 0.6 is 0 Å². The SMILES string of the molecule is CCOC(=O)CCC(=O)NC(Cc1ccccc1)C(=O)N1CCC(C)CC1. The fourth-order valence-corrected chi connectivity index (χ4v) is 3.21. The van der Waals surface area contributed by atoms with Gasteiger partial charge in [-0.25, -0.2) is 0 Å². The molecule has 1 aromatic carbocycles. The monoisotopic (exact) mass is 374 g/mol. The van der Waals surface area contributed by atoms with Gasteiger partial charge in [-0.1, -0.05) is 37.3 Å². The number of piperidine rings is 1. The van der Waals surface area contributed by atoms with Crippen LogP contribution in [0.4, 0.5) is 0 Å². The van der Waals surface area contributed by atoms with Crippen molar-refractivity contribution in [2.75, 3.05) is 19.7 Å². The van der Waals surface area contributed by atoms with E-state index in [-0.39, 0.29) is 24.7 Å². The summed E-state index contributed by atoms with van der Waals surface area (Å²) in [6.45, 7) is 5.67. The largest absolute Gasteiger partial charge is 0.466 e. The molecule has 6 nitrogen and oxygen atoms in total. The molecule has 1 aliphatic rings. The molecule has 2 rings (SSSR count). The first-order valence-electron chi connectivity index (χ1n) is 9.77. The minimum absolute atomic E-state index is 0.0210. The molecule has 1 unspecified atom stereocenters. The molecule has 1 saturated heterocycles. The predicted octanol–water partition coefficient (Wildman–Crippen LogP) is 2.32. The summed E-state index contributed by atoms with van der Waals surface area (Å²) in [4.78, 5) is 38.6. The first-order valence-corrected chi connectivity index (χ1v) is 9.77. The minimum Gasteiger partial charge on any atom is -0.466 e. The number of hydrogen-bond acceptors (Lipinski definition) is 4. The van der Waals surface area contributed by atoms with E-state index in [1.165, 1.54) is 0 Å². The van der Waals surface area contributed by atoms with E-state index in [0.29, 0.717) is 18.9 Å². The zero-order chi connectivity index (χ0) is 19.6. The summed E-state index contributed by atoms with van der Waals surface area (Å²) in [5.74, 6) is -0.123. The fraction of sp³-hybridized carbons (Fsp3) is 0.571. The zero-order valence-electron chi connectivity index (χ0n) is 16.3. The summed E-state index contributed by atoms with van der Waals surface area (Å²) in [5.41, 5.74) is 0.993. The lowest BCUT2D eigenvalue weighted by atomic mass is 9.97. The topological polar surface area (TPSA) is 75.7 Å². The van der Waals surface area contributed by atoms with Crippen molar-refractivity contribution in [2.45, 2.75) is 52.0 Å². The van der Waals surface area contributed by atoms with E-state index < -0.39 is 12.0 Å². The maximum Gasteiger partial charge on any atom is 0.306 e. The third-order valence-electron chi connectivity index (χ3n) is 4.87. The molecule has 1 atom stereocenters. The molecule has 0 saturated carbocycles. The summed E-state index contributed by atoms with van der Waals surface area (Å²) < 4.78 is 4.85. The van der Waals surface area contributed by atoms with Gasteiger partial charge in [-0.15, -0.1) is 0 Å². The van der Waals surface area contributed by atoms with Gasteiger partial charge in [0.2, 0.25) is 11.8 Å². The highest BCUT2D eigenvalue weighted by atomic mass is 16.5. The Hall–Kier alpha value is -2.37. The van der Waals surface area contributed by atoms with Gasteiger partial charge in [0.15, 0.2) is 0 Å². The molecule has 1 aliphatic heterocycles. The van der Waals surface area contributed by atoms with Gasteiger partial charge in [-0.3, -0.25) is 14.4 Å². The third-order valence-corrected chi connectivity index (χ3v) is 4.87. The lowest BCUT2D eigenvalue weighted by Gasteiger charge is -2.33. The summed E-state index contributed by atoms with van der Waals surface area (Å²) >= 11 is 0. The molecule has 1 fully saturated rings. The third kappa shape index (κ3) is 7.04. The van der Waals surface area contributed by atoms with Crippen LogP contribution in [0.15, 0.2) is 30.3 Å². The smallest absolute Gasteiger partial charge is 0.306 e. The highest BCUT2D eigenvalue weighted by Gasteiger charge is 2.28. The maximum atomic E-state index is 13.0. The van der Waals surface area contributed by atoms with Crippen molar-refractivity contribution in [3.8, 4) is 0 Å². The van der Waals surface area contributed by atoms with Crippen molar-refractivity contribution < 1.29 is 19.1 Å². The van der Waals surface area contributed by atoms with E-state index in [0.717, 1.165) is 31.5 Å². The average Bonchev–Trinajstić information content (AvgIpc) is 2.67. The number of nitrogens with one attached hydrogen (secondary N) is 1. The number of ether oxygens (including phenoxy) is 1. The van der Waals surface area contributed by atoms with Crippen molar-refractivity contribution in [3.63, 3.8) is 0 Å². The zero-order valence-corrected chi connectivity index (χ0v) is 16.3. The molecular formula is C21H30N2O4. The second-order valence-electron chi connectivity index (χ2n) is 7.12. The van der Waals surface area contributed by atoms with Crippen molar-refractivity contribution in [1.82, 2.24) is 10.2 Å². The van der Waals surface area contributed by atoms with E-state index in [1.807, 2.05) is 35.2 Å². The average molecular weight is 374 g/mol. The van der Waals surface area contributed by atoms with Crippen LogP contribution in [0.25, 0.3) is 0 Å². The van der Waals surface area contributed by atoms with Gasteiger partial charge in [0, 0.05) is 25.9 Å². The highest BCUT2D eigenvalue weighted by Crippen LogP contribution is 2.17. The summed E-state index contributed by atoms with van der Waals surface area (Å²) in [6.07, 6.45) is 2.46. The molecule has 148 valence electrons. The number of likely N-dealkylation sites (tertiary alicyclic amines) is 1. The number of rotatable bonds is 8. The molecule has 0 aliphatic carbocycles. The number of hydrogen-bond donors (Lipinski definition) is 1. The Labute approximate surface area is 161 Å². The van der Waals surface area contributed by atoms with Gasteiger partial charge in [0.05, 0.1) is 13.0 Å². The van der Waals surface area contributed by atoms with Gasteiger partial charge < -0.3 is 15.0 Å². The van der Waals surface area contributed by atoms with Crippen molar-refractivity contribution in [3.05, 3.63) is 35.9 Å². The normalized spacial score (nSPS) is 15.9. The van der Waals surface area contributed by atoms with Gasteiger partial charge >= 0.3 is 5.97 Å². The standard InChI is InChI=1S/C21H30N2O4/c1-3-27-20(25)10-9-19(24)22-18(15-17-7-5-4-6-8-17)21(26)23-13-11-16(2)12-14-23/h4-8,16,18H,3,9-15H2,1-2H3,(H,22,24). The van der Waals surface area contributed by atoms with Gasteiger partial charge in [0.25, 0.3) is 0 Å². The van der Waals surface area contributed by atoms with Gasteiger partial charge in [-0.05, 0) is 31.2 Å². The molecule has 2 amide bonds. The van der Waals surface area contributed by atoms with Crippen LogP contribution < -0.4 is 5.32 Å². The first kappa shape index (κ1) is 20.9. The molecule has 0 aromatic heterocycles. The van der Waals surface area contributed by atoms with Crippen LogP contribution in [-0.4, -0.2) is 48.4 Å². The predicted molar refractivity (Wildman–Crippen MR) is 103 cm³/mol. The van der Waals surface area contributed by atoms with Crippen LogP contribution in [0.5, 0.6) is 0 Å². The molecule has 0 spiro atoms. The Bertz CT molecular complexity index is 624. The highest BCUT2D eigenvalue weighted by molar-refractivity contribution is 5.89. The Morgan fingerprint density at radius 3 is 2.44 bits per heavy atom. The van der Waals surface area contributed by atoms with Crippen LogP contribution in [0.2, 0.25) is 0 Å². The van der Waals surface area contributed by atoms with Crippen LogP contribution in [0.1, 0.15) is 45.1 Å². The molecule has 27 heavy (non-hydrogen) atoms. The van der Waals surface area contributed by atoms with Crippen LogP contribution in [0, 0.1) is 5.92 Å². The van der Waals surface area contributed by atoms with E-state index in [4.69, 9.17) is 4.74 Å². The lowest BCUT2D eigenvalue weighted by Crippen LogP contribution is -2.51. The van der Waals surface area contributed by atoms with Gasteiger partial charge in [-0.2, -0.15) is 0 Å². The van der Waals surface area contributed by atoms with Crippen LogP contribution in [-0.2, 0) is 25.5 Å². The van der Waals surface area contributed by atoms with Crippen LogP contribution in [0.3, 0.4) is 0 Å². The molecule has 6 heteroatoms. The second kappa shape index (κ2) is 10.7. The molecule has 1 heterocycles. The van der Waals surface area contributed by atoms with Crippen molar-refractivity contribution in [1.29, 1.82) is 0 Å². The van der Waals surface area contributed by atoms with E-state index in [2.05, 4.69) is 12.2 Å². The molecule has 1 N–H and O–H groups in total. The number of carbonyl (C=O) groups excluding carboxylic acids is 3. The summed E-state index contributed by atoms with van der Waals surface area (Å²) in [6, 6.07) is 9.04. The Balaban J connectivity index is 1.99. The minimum atomic E-state index is -0.615.